The van der Waals surface area contributed by atoms with Crippen molar-refractivity contribution in [1.82, 2.24) is 5.16 Å². The van der Waals surface area contributed by atoms with Crippen molar-refractivity contribution in [3.63, 3.8) is 0 Å². The first-order valence-electron chi connectivity index (χ1n) is 9.70. The van der Waals surface area contributed by atoms with Crippen LogP contribution in [0.2, 0.25) is 0 Å². The Morgan fingerprint density at radius 1 is 1.09 bits per heavy atom. The van der Waals surface area contributed by atoms with Crippen molar-refractivity contribution < 1.29 is 38.0 Å². The SMILES string of the molecule is CCOC(=O)c1c(NC(=O)COC(=O)CSCC(=O)Nc2cc(C)on2)sc(C(C)=O)c1C. The zero-order valence-electron chi connectivity index (χ0n) is 18.4. The van der Waals surface area contributed by atoms with Crippen LogP contribution in [-0.2, 0) is 23.9 Å². The van der Waals surface area contributed by atoms with Crippen LogP contribution in [0, 0.1) is 13.8 Å². The predicted octanol–water partition coefficient (Wildman–Crippen LogP) is 2.59. The summed E-state index contributed by atoms with van der Waals surface area (Å²) in [6.45, 7) is 5.79. The van der Waals surface area contributed by atoms with E-state index in [0.29, 0.717) is 16.2 Å². The van der Waals surface area contributed by atoms with E-state index in [0.717, 1.165) is 23.1 Å². The number of hydrogen-bond donors (Lipinski definition) is 2. The van der Waals surface area contributed by atoms with Crippen molar-refractivity contribution >= 4 is 63.5 Å². The second-order valence-electron chi connectivity index (χ2n) is 6.61. The van der Waals surface area contributed by atoms with Crippen LogP contribution in [0.1, 0.15) is 45.2 Å². The van der Waals surface area contributed by atoms with Gasteiger partial charge >= 0.3 is 11.9 Å². The van der Waals surface area contributed by atoms with E-state index in [2.05, 4.69) is 15.8 Å². The maximum atomic E-state index is 12.3. The highest BCUT2D eigenvalue weighted by Gasteiger charge is 2.25. The van der Waals surface area contributed by atoms with Crippen LogP contribution in [-0.4, -0.2) is 59.4 Å². The average molecular weight is 498 g/mol. The number of nitrogens with zero attached hydrogens (tertiary/aromatic N) is 1. The van der Waals surface area contributed by atoms with E-state index in [4.69, 9.17) is 14.0 Å². The molecular formula is C20H23N3O8S2. The first-order valence-corrected chi connectivity index (χ1v) is 11.7. The summed E-state index contributed by atoms with van der Waals surface area (Å²) >= 11 is 1.95. The molecule has 0 radical (unpaired) electrons. The Morgan fingerprint density at radius 3 is 2.42 bits per heavy atom. The van der Waals surface area contributed by atoms with Gasteiger partial charge in [-0.1, -0.05) is 5.16 Å². The number of thiophene rings is 1. The Hall–Kier alpha value is -3.19. The number of ketones is 1. The van der Waals surface area contributed by atoms with Crippen molar-refractivity contribution in [2.45, 2.75) is 27.7 Å². The fourth-order valence-electron chi connectivity index (χ4n) is 2.57. The van der Waals surface area contributed by atoms with Crippen molar-refractivity contribution in [2.24, 2.45) is 0 Å². The summed E-state index contributed by atoms with van der Waals surface area (Å²) in [5, 5.41) is 8.77. The molecule has 13 heteroatoms. The Morgan fingerprint density at radius 2 is 1.82 bits per heavy atom. The number of carbonyl (C=O) groups excluding carboxylic acids is 5. The van der Waals surface area contributed by atoms with E-state index in [1.54, 1.807) is 26.8 Å². The summed E-state index contributed by atoms with van der Waals surface area (Å²) in [5.74, 6) is -2.04. The molecule has 0 aliphatic rings. The van der Waals surface area contributed by atoms with Gasteiger partial charge in [-0.3, -0.25) is 19.2 Å². The van der Waals surface area contributed by atoms with Gasteiger partial charge in [-0.15, -0.1) is 23.1 Å². The highest BCUT2D eigenvalue weighted by atomic mass is 32.2. The van der Waals surface area contributed by atoms with E-state index >= 15 is 0 Å². The number of nitrogens with one attached hydrogen (secondary N) is 2. The van der Waals surface area contributed by atoms with Crippen LogP contribution in [0.5, 0.6) is 0 Å². The minimum Gasteiger partial charge on any atom is -0.462 e. The number of amides is 2. The first-order chi connectivity index (χ1) is 15.6. The van der Waals surface area contributed by atoms with Crippen LogP contribution in [0.3, 0.4) is 0 Å². The molecule has 0 atom stereocenters. The van der Waals surface area contributed by atoms with E-state index < -0.39 is 24.5 Å². The van der Waals surface area contributed by atoms with E-state index in [1.807, 2.05) is 0 Å². The Labute approximate surface area is 197 Å². The van der Waals surface area contributed by atoms with Gasteiger partial charge in [0.15, 0.2) is 18.2 Å². The quantitative estimate of drug-likeness (QED) is 0.350. The number of thioether (sulfide) groups is 1. The smallest absolute Gasteiger partial charge is 0.341 e. The Kier molecular flexibility index (Phi) is 9.60. The normalized spacial score (nSPS) is 10.4. The van der Waals surface area contributed by atoms with Crippen LogP contribution < -0.4 is 10.6 Å². The number of Topliss-reactive ketones (excluding diaryl/α,β-unsaturated/α-hetero) is 1. The highest BCUT2D eigenvalue weighted by Crippen LogP contribution is 2.34. The van der Waals surface area contributed by atoms with Crippen LogP contribution in [0.25, 0.3) is 0 Å². The number of aromatic nitrogens is 1. The number of ether oxygens (including phenoxy) is 2. The monoisotopic (exact) mass is 497 g/mol. The van der Waals surface area contributed by atoms with Gasteiger partial charge in [-0.2, -0.15) is 0 Å². The minimum atomic E-state index is -0.697. The molecule has 178 valence electrons. The lowest BCUT2D eigenvalue weighted by Gasteiger charge is -2.08. The molecule has 0 aliphatic carbocycles. The van der Waals surface area contributed by atoms with E-state index in [9.17, 15) is 24.0 Å². The molecule has 0 unspecified atom stereocenters. The fraction of sp³-hybridized carbons (Fsp3) is 0.400. The molecule has 2 N–H and O–H groups in total. The summed E-state index contributed by atoms with van der Waals surface area (Å²) in [7, 11) is 0. The molecule has 0 aromatic carbocycles. The fourth-order valence-corrected chi connectivity index (χ4v) is 4.28. The topological polar surface area (TPSA) is 154 Å². The zero-order valence-corrected chi connectivity index (χ0v) is 20.1. The first kappa shape index (κ1) is 26.1. The largest absolute Gasteiger partial charge is 0.462 e. The third-order valence-corrected chi connectivity index (χ3v) is 6.13. The van der Waals surface area contributed by atoms with Crippen LogP contribution in [0.15, 0.2) is 10.6 Å². The summed E-state index contributed by atoms with van der Waals surface area (Å²) in [5.41, 5.74) is 0.504. The van der Waals surface area contributed by atoms with Gasteiger partial charge < -0.3 is 24.6 Å². The standard InChI is InChI=1S/C20H23N3O8S2/c1-5-29-20(28)17-11(3)18(12(4)24)33-19(17)22-14(25)7-30-16(27)9-32-8-15(26)21-13-6-10(2)31-23-13/h6H,5,7-9H2,1-4H3,(H,22,25)(H,21,23,26). The van der Waals surface area contributed by atoms with Crippen molar-refractivity contribution in [3.8, 4) is 0 Å². The number of rotatable bonds is 11. The molecule has 0 bridgehead atoms. The molecule has 2 heterocycles. The lowest BCUT2D eigenvalue weighted by Crippen LogP contribution is -2.23. The average Bonchev–Trinajstić information content (AvgIpc) is 3.29. The maximum Gasteiger partial charge on any atom is 0.341 e. The maximum absolute atomic E-state index is 12.3. The zero-order chi connectivity index (χ0) is 24.5. The summed E-state index contributed by atoms with van der Waals surface area (Å²) in [4.78, 5) is 60.2. The molecule has 2 amide bonds. The number of esters is 2. The van der Waals surface area contributed by atoms with Crippen molar-refractivity contribution in [3.05, 3.63) is 27.8 Å². The van der Waals surface area contributed by atoms with Gasteiger partial charge in [0, 0.05) is 6.07 Å². The summed E-state index contributed by atoms with van der Waals surface area (Å²) in [6.07, 6.45) is 0. The number of anilines is 2. The lowest BCUT2D eigenvalue weighted by molar-refractivity contribution is -0.144. The Bertz CT molecular complexity index is 1060. The van der Waals surface area contributed by atoms with Gasteiger partial charge in [0.05, 0.1) is 28.6 Å². The van der Waals surface area contributed by atoms with Gasteiger partial charge in [-0.25, -0.2) is 4.79 Å². The van der Waals surface area contributed by atoms with Crippen molar-refractivity contribution in [1.29, 1.82) is 0 Å². The molecule has 2 rings (SSSR count). The molecule has 0 saturated carbocycles. The molecule has 2 aromatic rings. The second-order valence-corrected chi connectivity index (χ2v) is 8.62. The van der Waals surface area contributed by atoms with Crippen LogP contribution in [0.4, 0.5) is 10.8 Å². The third kappa shape index (κ3) is 7.71. The molecule has 2 aromatic heterocycles. The van der Waals surface area contributed by atoms with Gasteiger partial charge in [0.25, 0.3) is 5.91 Å². The van der Waals surface area contributed by atoms with Gasteiger partial charge in [0.1, 0.15) is 10.8 Å². The summed E-state index contributed by atoms with van der Waals surface area (Å²) < 4.78 is 14.7. The molecular weight excluding hydrogens is 474 g/mol. The van der Waals surface area contributed by atoms with Gasteiger partial charge in [-0.05, 0) is 33.3 Å². The van der Waals surface area contributed by atoms with Gasteiger partial charge in [0.2, 0.25) is 5.91 Å². The molecule has 11 nitrogen and oxygen atoms in total. The van der Waals surface area contributed by atoms with Crippen molar-refractivity contribution in [2.75, 3.05) is 35.4 Å². The predicted molar refractivity (Wildman–Crippen MR) is 122 cm³/mol. The number of hydrogen-bond acceptors (Lipinski definition) is 11. The molecule has 33 heavy (non-hydrogen) atoms. The lowest BCUT2D eigenvalue weighted by atomic mass is 10.1. The second kappa shape index (κ2) is 12.2. The van der Waals surface area contributed by atoms with E-state index in [1.165, 1.54) is 6.92 Å². The number of aryl methyl sites for hydroxylation is 1. The minimum absolute atomic E-state index is 0.0294. The molecule has 0 saturated heterocycles. The summed E-state index contributed by atoms with van der Waals surface area (Å²) in [6, 6.07) is 1.55. The third-order valence-electron chi connectivity index (χ3n) is 3.91. The molecule has 0 aliphatic heterocycles. The molecule has 0 spiro atoms. The van der Waals surface area contributed by atoms with Crippen LogP contribution >= 0.6 is 23.1 Å². The Balaban J connectivity index is 1.82. The highest BCUT2D eigenvalue weighted by molar-refractivity contribution is 8.00. The molecule has 0 fully saturated rings. The number of carbonyl (C=O) groups is 5. The van der Waals surface area contributed by atoms with E-state index in [-0.39, 0.29) is 46.2 Å².